The van der Waals surface area contributed by atoms with Gasteiger partial charge >= 0.3 is 6.09 Å². The first-order valence-electron chi connectivity index (χ1n) is 7.10. The predicted octanol–water partition coefficient (Wildman–Crippen LogP) is 2.82. The second kappa shape index (κ2) is 6.98. The zero-order valence-electron chi connectivity index (χ0n) is 12.2. The second-order valence-corrected chi connectivity index (χ2v) is 6.28. The molecule has 0 saturated carbocycles. The molecule has 0 bridgehead atoms. The van der Waals surface area contributed by atoms with Gasteiger partial charge in [0, 0.05) is 12.1 Å². The van der Waals surface area contributed by atoms with Gasteiger partial charge in [-0.1, -0.05) is 12.8 Å². The number of ether oxygens (including phenoxy) is 1. The Labute approximate surface area is 111 Å². The zero-order chi connectivity index (χ0) is 13.6. The third-order valence-corrected chi connectivity index (χ3v) is 3.06. The van der Waals surface area contributed by atoms with Crippen LogP contribution in [-0.4, -0.2) is 30.3 Å². The minimum absolute atomic E-state index is 0.149. The fourth-order valence-electron chi connectivity index (χ4n) is 2.30. The molecule has 2 N–H and O–H groups in total. The Bertz CT molecular complexity index is 253. The standard InChI is InChI=1S/C14H28N2O2/c1-11(16-13(17)18-14(2,3)4)10-12-8-6-5-7-9-15-12/h11-12,15H,5-10H2,1-4H3,(H,16,17). The minimum atomic E-state index is -0.426. The first-order chi connectivity index (χ1) is 8.37. The first kappa shape index (κ1) is 15.3. The highest BCUT2D eigenvalue weighted by Crippen LogP contribution is 2.13. The van der Waals surface area contributed by atoms with Crippen molar-refractivity contribution in [2.75, 3.05) is 6.54 Å². The molecule has 4 heteroatoms. The van der Waals surface area contributed by atoms with Gasteiger partial charge in [0.25, 0.3) is 0 Å². The lowest BCUT2D eigenvalue weighted by molar-refractivity contribution is 0.0504. The van der Waals surface area contributed by atoms with Crippen LogP contribution in [0.3, 0.4) is 0 Å². The van der Waals surface area contributed by atoms with Crippen molar-refractivity contribution >= 4 is 6.09 Å². The Kier molecular flexibility index (Phi) is 5.93. The monoisotopic (exact) mass is 256 g/mol. The van der Waals surface area contributed by atoms with E-state index in [-0.39, 0.29) is 12.1 Å². The number of carbonyl (C=O) groups excluding carboxylic acids is 1. The molecule has 1 saturated heterocycles. The Morgan fingerprint density at radius 2 is 2.11 bits per heavy atom. The fraction of sp³-hybridized carbons (Fsp3) is 0.929. The SMILES string of the molecule is CC(CC1CCCCCN1)NC(=O)OC(C)(C)C. The van der Waals surface area contributed by atoms with Gasteiger partial charge in [-0.05, 0) is 53.5 Å². The molecule has 0 aromatic rings. The maximum atomic E-state index is 11.6. The van der Waals surface area contributed by atoms with Crippen molar-refractivity contribution in [1.82, 2.24) is 10.6 Å². The largest absolute Gasteiger partial charge is 0.444 e. The van der Waals surface area contributed by atoms with E-state index in [0.29, 0.717) is 6.04 Å². The molecule has 0 spiro atoms. The molecular weight excluding hydrogens is 228 g/mol. The van der Waals surface area contributed by atoms with Gasteiger partial charge in [0.15, 0.2) is 0 Å². The number of rotatable bonds is 3. The number of hydrogen-bond donors (Lipinski definition) is 2. The van der Waals surface area contributed by atoms with Crippen LogP contribution in [0, 0.1) is 0 Å². The molecule has 18 heavy (non-hydrogen) atoms. The van der Waals surface area contributed by atoms with E-state index in [1.54, 1.807) is 0 Å². The number of alkyl carbamates (subject to hydrolysis) is 1. The molecule has 1 aliphatic rings. The van der Waals surface area contributed by atoms with E-state index in [9.17, 15) is 4.79 Å². The average Bonchev–Trinajstić information content (AvgIpc) is 2.42. The average molecular weight is 256 g/mol. The highest BCUT2D eigenvalue weighted by Gasteiger charge is 2.20. The summed E-state index contributed by atoms with van der Waals surface area (Å²) in [5, 5.41) is 6.44. The molecule has 1 amide bonds. The Morgan fingerprint density at radius 1 is 1.39 bits per heavy atom. The maximum Gasteiger partial charge on any atom is 0.407 e. The highest BCUT2D eigenvalue weighted by atomic mass is 16.6. The summed E-state index contributed by atoms with van der Waals surface area (Å²) < 4.78 is 5.25. The summed E-state index contributed by atoms with van der Waals surface area (Å²) in [4.78, 5) is 11.6. The van der Waals surface area contributed by atoms with Crippen molar-refractivity contribution in [2.24, 2.45) is 0 Å². The topological polar surface area (TPSA) is 50.4 Å². The lowest BCUT2D eigenvalue weighted by Gasteiger charge is -2.24. The van der Waals surface area contributed by atoms with Crippen LogP contribution in [0.4, 0.5) is 4.79 Å². The van der Waals surface area contributed by atoms with E-state index in [2.05, 4.69) is 10.6 Å². The van der Waals surface area contributed by atoms with Gasteiger partial charge in [0.05, 0.1) is 0 Å². The molecule has 1 heterocycles. The number of carbonyl (C=O) groups is 1. The van der Waals surface area contributed by atoms with E-state index in [1.165, 1.54) is 25.7 Å². The first-order valence-corrected chi connectivity index (χ1v) is 7.10. The third kappa shape index (κ3) is 6.84. The van der Waals surface area contributed by atoms with Crippen molar-refractivity contribution in [3.8, 4) is 0 Å². The van der Waals surface area contributed by atoms with Gasteiger partial charge in [-0.2, -0.15) is 0 Å². The Hall–Kier alpha value is -0.770. The quantitative estimate of drug-likeness (QED) is 0.816. The van der Waals surface area contributed by atoms with E-state index >= 15 is 0 Å². The number of hydrogen-bond acceptors (Lipinski definition) is 3. The molecule has 1 rings (SSSR count). The third-order valence-electron chi connectivity index (χ3n) is 3.06. The fourth-order valence-corrected chi connectivity index (χ4v) is 2.30. The molecule has 0 radical (unpaired) electrons. The lowest BCUT2D eigenvalue weighted by atomic mass is 10.0. The van der Waals surface area contributed by atoms with E-state index in [1.807, 2.05) is 27.7 Å². The van der Waals surface area contributed by atoms with Crippen LogP contribution in [0.1, 0.15) is 59.8 Å². The highest BCUT2D eigenvalue weighted by molar-refractivity contribution is 5.68. The molecule has 0 aliphatic carbocycles. The zero-order valence-corrected chi connectivity index (χ0v) is 12.2. The Morgan fingerprint density at radius 3 is 2.78 bits per heavy atom. The van der Waals surface area contributed by atoms with Crippen LogP contribution in [0.25, 0.3) is 0 Å². The Balaban J connectivity index is 2.27. The van der Waals surface area contributed by atoms with Crippen LogP contribution in [0.2, 0.25) is 0 Å². The molecule has 2 unspecified atom stereocenters. The van der Waals surface area contributed by atoms with Crippen molar-refractivity contribution < 1.29 is 9.53 Å². The second-order valence-electron chi connectivity index (χ2n) is 6.28. The summed E-state index contributed by atoms with van der Waals surface area (Å²) in [5.41, 5.74) is -0.426. The molecule has 2 atom stereocenters. The number of nitrogens with one attached hydrogen (secondary N) is 2. The minimum Gasteiger partial charge on any atom is -0.444 e. The van der Waals surface area contributed by atoms with Gasteiger partial charge in [-0.25, -0.2) is 4.79 Å². The van der Waals surface area contributed by atoms with Gasteiger partial charge in [0.1, 0.15) is 5.60 Å². The molecule has 0 aromatic heterocycles. The molecule has 106 valence electrons. The van der Waals surface area contributed by atoms with Crippen LogP contribution >= 0.6 is 0 Å². The summed E-state index contributed by atoms with van der Waals surface area (Å²) >= 11 is 0. The van der Waals surface area contributed by atoms with Crippen molar-refractivity contribution in [3.63, 3.8) is 0 Å². The van der Waals surface area contributed by atoms with Crippen molar-refractivity contribution in [2.45, 2.75) is 77.5 Å². The van der Waals surface area contributed by atoms with Crippen molar-refractivity contribution in [3.05, 3.63) is 0 Å². The molecule has 1 aliphatic heterocycles. The smallest absolute Gasteiger partial charge is 0.407 e. The summed E-state index contributed by atoms with van der Waals surface area (Å²) in [6, 6.07) is 0.674. The summed E-state index contributed by atoms with van der Waals surface area (Å²) in [7, 11) is 0. The summed E-state index contributed by atoms with van der Waals surface area (Å²) in [6.07, 6.45) is 5.74. The molecule has 0 aromatic carbocycles. The van der Waals surface area contributed by atoms with Crippen molar-refractivity contribution in [1.29, 1.82) is 0 Å². The summed E-state index contributed by atoms with van der Waals surface area (Å²) in [6.45, 7) is 8.78. The normalized spacial score (nSPS) is 23.0. The summed E-state index contributed by atoms with van der Waals surface area (Å²) in [5.74, 6) is 0. The van der Waals surface area contributed by atoms with Crippen LogP contribution < -0.4 is 10.6 Å². The van der Waals surface area contributed by atoms with Gasteiger partial charge < -0.3 is 15.4 Å². The number of amides is 1. The van der Waals surface area contributed by atoms with E-state index in [0.717, 1.165) is 13.0 Å². The van der Waals surface area contributed by atoms with Gasteiger partial charge in [0.2, 0.25) is 0 Å². The van der Waals surface area contributed by atoms with Crippen LogP contribution in [-0.2, 0) is 4.74 Å². The van der Waals surface area contributed by atoms with Gasteiger partial charge in [-0.3, -0.25) is 0 Å². The van der Waals surface area contributed by atoms with Crippen LogP contribution in [0.5, 0.6) is 0 Å². The molecule has 4 nitrogen and oxygen atoms in total. The molecule has 1 fully saturated rings. The van der Waals surface area contributed by atoms with Crippen LogP contribution in [0.15, 0.2) is 0 Å². The molecular formula is C14H28N2O2. The lowest BCUT2D eigenvalue weighted by Crippen LogP contribution is -2.41. The predicted molar refractivity (Wildman–Crippen MR) is 73.7 cm³/mol. The van der Waals surface area contributed by atoms with Gasteiger partial charge in [-0.15, -0.1) is 0 Å². The van der Waals surface area contributed by atoms with E-state index in [4.69, 9.17) is 4.74 Å². The maximum absolute atomic E-state index is 11.6. The van der Waals surface area contributed by atoms with E-state index < -0.39 is 5.60 Å².